The number of aromatic nitrogens is 1. The summed E-state index contributed by atoms with van der Waals surface area (Å²) >= 11 is 1.63. The van der Waals surface area contributed by atoms with E-state index in [4.69, 9.17) is 0 Å². The number of carbonyl (C=O) groups excluding carboxylic acids is 1. The third-order valence-corrected chi connectivity index (χ3v) is 6.79. The van der Waals surface area contributed by atoms with Gasteiger partial charge in [0, 0.05) is 6.26 Å². The van der Waals surface area contributed by atoms with E-state index in [1.165, 1.54) is 6.07 Å². The number of nitrogens with zero attached hydrogens (tertiary/aromatic N) is 1. The molecule has 1 unspecified atom stereocenters. The van der Waals surface area contributed by atoms with Crippen molar-refractivity contribution in [2.75, 3.05) is 25.2 Å². The summed E-state index contributed by atoms with van der Waals surface area (Å²) in [5.41, 5.74) is 1.27. The number of carbonyl (C=O) groups is 1. The summed E-state index contributed by atoms with van der Waals surface area (Å²) in [6.07, 6.45) is 1.13. The topological polar surface area (TPSA) is 80.6 Å². The Kier molecular flexibility index (Phi) is 5.59. The molecule has 0 radical (unpaired) electrons. The van der Waals surface area contributed by atoms with Crippen molar-refractivity contribution in [3.63, 3.8) is 0 Å². The highest BCUT2D eigenvalue weighted by molar-refractivity contribution is 7.90. The van der Waals surface area contributed by atoms with Crippen LogP contribution in [0.15, 0.2) is 53.4 Å². The highest BCUT2D eigenvalue weighted by atomic mass is 32.2. The van der Waals surface area contributed by atoms with Crippen molar-refractivity contribution in [3.8, 4) is 0 Å². The predicted molar refractivity (Wildman–Crippen MR) is 108 cm³/mol. The monoisotopic (exact) mass is 404 g/mol. The van der Waals surface area contributed by atoms with Crippen molar-refractivity contribution in [2.45, 2.75) is 17.9 Å². The lowest BCUT2D eigenvalue weighted by Gasteiger charge is -2.19. The molecule has 8 heteroatoms. The maximum absolute atomic E-state index is 12.5. The van der Waals surface area contributed by atoms with Crippen molar-refractivity contribution < 1.29 is 18.1 Å². The average Bonchev–Trinajstić information content (AvgIpc) is 3.04. The minimum atomic E-state index is -3.41. The second-order valence-corrected chi connectivity index (χ2v) is 9.63. The van der Waals surface area contributed by atoms with Gasteiger partial charge in [-0.15, -0.1) is 11.3 Å². The molecule has 1 heterocycles. The van der Waals surface area contributed by atoms with Gasteiger partial charge in [-0.05, 0) is 31.2 Å². The fourth-order valence-electron chi connectivity index (χ4n) is 2.78. The number of para-hydroxylation sites is 2. The normalized spacial score (nSPS) is 14.0. The van der Waals surface area contributed by atoms with E-state index in [-0.39, 0.29) is 23.4 Å². The van der Waals surface area contributed by atoms with Gasteiger partial charge in [-0.25, -0.2) is 13.4 Å². The van der Waals surface area contributed by atoms with Crippen LogP contribution in [-0.2, 0) is 14.6 Å². The van der Waals surface area contributed by atoms with Gasteiger partial charge in [0.15, 0.2) is 21.4 Å². The number of nitrogens with one attached hydrogen (secondary N) is 2. The Morgan fingerprint density at radius 2 is 1.85 bits per heavy atom. The number of anilines is 1. The van der Waals surface area contributed by atoms with Gasteiger partial charge in [-0.1, -0.05) is 24.3 Å². The minimum absolute atomic E-state index is 0.0401. The molecule has 142 valence electrons. The molecule has 3 rings (SSSR count). The van der Waals surface area contributed by atoms with Gasteiger partial charge in [0.2, 0.25) is 0 Å². The third-order valence-electron chi connectivity index (χ3n) is 4.42. The molecule has 3 aromatic rings. The van der Waals surface area contributed by atoms with E-state index >= 15 is 0 Å². The van der Waals surface area contributed by atoms with Crippen molar-refractivity contribution >= 4 is 43.0 Å². The number of fused-ring (bicyclic) bond motifs is 1. The molecule has 0 fully saturated rings. The molecular formula is C19H22N3O3S2+. The largest absolute Gasteiger partial charge is 0.322 e. The third kappa shape index (κ3) is 4.52. The molecule has 0 saturated carbocycles. The van der Waals surface area contributed by atoms with E-state index < -0.39 is 9.84 Å². The van der Waals surface area contributed by atoms with Gasteiger partial charge in [0.1, 0.15) is 6.04 Å². The van der Waals surface area contributed by atoms with E-state index in [0.29, 0.717) is 5.69 Å². The fourth-order valence-corrected chi connectivity index (χ4v) is 4.74. The summed E-state index contributed by atoms with van der Waals surface area (Å²) in [6, 6.07) is 14.4. The Balaban J connectivity index is 1.71. The fraction of sp³-hybridized carbons (Fsp3) is 0.263. The van der Waals surface area contributed by atoms with Crippen molar-refractivity contribution in [2.24, 2.45) is 0 Å². The van der Waals surface area contributed by atoms with E-state index in [2.05, 4.69) is 10.3 Å². The van der Waals surface area contributed by atoms with Crippen LogP contribution in [0.1, 0.15) is 18.0 Å². The molecular weight excluding hydrogens is 382 g/mol. The molecule has 0 aliphatic heterocycles. The van der Waals surface area contributed by atoms with E-state index in [1.807, 2.05) is 38.2 Å². The van der Waals surface area contributed by atoms with Gasteiger partial charge >= 0.3 is 0 Å². The van der Waals surface area contributed by atoms with Gasteiger partial charge in [-0.3, -0.25) is 4.79 Å². The smallest absolute Gasteiger partial charge is 0.279 e. The van der Waals surface area contributed by atoms with Crippen molar-refractivity contribution in [1.29, 1.82) is 0 Å². The second-order valence-electron chi connectivity index (χ2n) is 6.58. The van der Waals surface area contributed by atoms with Crippen LogP contribution in [0.3, 0.4) is 0 Å². The Morgan fingerprint density at radius 1 is 1.19 bits per heavy atom. The van der Waals surface area contributed by atoms with Crippen LogP contribution in [-0.4, -0.2) is 39.2 Å². The van der Waals surface area contributed by atoms with Crippen molar-refractivity contribution in [3.05, 3.63) is 53.5 Å². The molecule has 0 saturated heterocycles. The molecule has 0 bridgehead atoms. The maximum atomic E-state index is 12.5. The van der Waals surface area contributed by atoms with Gasteiger partial charge in [0.25, 0.3) is 5.91 Å². The minimum Gasteiger partial charge on any atom is -0.322 e. The lowest BCUT2D eigenvalue weighted by molar-refractivity contribution is -0.902. The van der Waals surface area contributed by atoms with Crippen LogP contribution in [0.25, 0.3) is 10.2 Å². The Hall–Kier alpha value is -2.29. The zero-order valence-corrected chi connectivity index (χ0v) is 17.0. The molecule has 1 amide bonds. The molecule has 0 aliphatic carbocycles. The summed E-state index contributed by atoms with van der Waals surface area (Å²) in [6.45, 7) is 2.24. The van der Waals surface area contributed by atoms with Gasteiger partial charge in [0.05, 0.1) is 27.8 Å². The van der Waals surface area contributed by atoms with Gasteiger partial charge < -0.3 is 10.2 Å². The first-order valence-corrected chi connectivity index (χ1v) is 11.2. The number of benzene rings is 2. The van der Waals surface area contributed by atoms with Gasteiger partial charge in [-0.2, -0.15) is 0 Å². The molecule has 2 aromatic carbocycles. The van der Waals surface area contributed by atoms with E-state index in [9.17, 15) is 13.2 Å². The summed E-state index contributed by atoms with van der Waals surface area (Å²) in [4.78, 5) is 18.2. The highest BCUT2D eigenvalue weighted by Gasteiger charge is 2.23. The molecule has 27 heavy (non-hydrogen) atoms. The Morgan fingerprint density at radius 3 is 2.56 bits per heavy atom. The van der Waals surface area contributed by atoms with Crippen molar-refractivity contribution in [1.82, 2.24) is 4.98 Å². The predicted octanol–water partition coefficient (Wildman–Crippen LogP) is 1.91. The standard InChI is InChI=1S/C19H21N3O3S2/c1-13(19-21-14-8-4-6-10-16(14)26-19)22(2)12-18(23)20-15-9-5-7-11-17(15)27(3,24)25/h4-11,13H,12H2,1-3H3,(H,20,23)/p+1/t13-/m1/s1. The number of hydrogen-bond donors (Lipinski definition) is 2. The molecule has 2 atom stereocenters. The quantitative estimate of drug-likeness (QED) is 0.658. The second kappa shape index (κ2) is 7.75. The maximum Gasteiger partial charge on any atom is 0.279 e. The van der Waals surface area contributed by atoms with Crippen LogP contribution in [0.4, 0.5) is 5.69 Å². The number of rotatable bonds is 6. The number of hydrogen-bond acceptors (Lipinski definition) is 5. The number of thiazole rings is 1. The van der Waals surface area contributed by atoms with Crippen LogP contribution in [0.5, 0.6) is 0 Å². The number of quaternary nitrogens is 1. The summed E-state index contributed by atoms with van der Waals surface area (Å²) < 4.78 is 24.9. The summed E-state index contributed by atoms with van der Waals surface area (Å²) in [5.74, 6) is -0.239. The molecule has 1 aromatic heterocycles. The lowest BCUT2D eigenvalue weighted by Crippen LogP contribution is -3.10. The summed E-state index contributed by atoms with van der Waals surface area (Å²) in [7, 11) is -1.48. The zero-order chi connectivity index (χ0) is 19.6. The van der Waals surface area contributed by atoms with Crippen LogP contribution < -0.4 is 10.2 Å². The highest BCUT2D eigenvalue weighted by Crippen LogP contribution is 2.25. The Bertz CT molecular complexity index is 1040. The van der Waals surface area contributed by atoms with E-state index in [0.717, 1.165) is 26.4 Å². The number of amides is 1. The summed E-state index contributed by atoms with van der Waals surface area (Å²) in [5, 5.41) is 3.70. The average molecular weight is 405 g/mol. The van der Waals surface area contributed by atoms with Crippen LogP contribution >= 0.6 is 11.3 Å². The Labute approximate surface area is 162 Å². The first-order valence-electron chi connectivity index (χ1n) is 8.52. The van der Waals surface area contributed by atoms with E-state index in [1.54, 1.807) is 29.5 Å². The molecule has 0 aliphatic rings. The molecule has 0 spiro atoms. The molecule has 2 N–H and O–H groups in total. The number of likely N-dealkylation sites (N-methyl/N-ethyl adjacent to an activating group) is 1. The van der Waals surface area contributed by atoms with Crippen LogP contribution in [0, 0.1) is 0 Å². The first kappa shape index (κ1) is 19.5. The first-order chi connectivity index (χ1) is 12.8. The van der Waals surface area contributed by atoms with Crippen LogP contribution in [0.2, 0.25) is 0 Å². The lowest BCUT2D eigenvalue weighted by atomic mass is 10.3. The zero-order valence-electron chi connectivity index (χ0n) is 15.4. The number of sulfone groups is 1. The SMILES string of the molecule is C[C@H](c1nc2ccccc2s1)[NH+](C)CC(=O)Nc1ccccc1S(C)(=O)=O. The molecule has 6 nitrogen and oxygen atoms in total.